The van der Waals surface area contributed by atoms with Crippen molar-refractivity contribution in [2.45, 2.75) is 13.5 Å². The van der Waals surface area contributed by atoms with Gasteiger partial charge in [-0.15, -0.1) is 0 Å². The third kappa shape index (κ3) is 3.24. The molecule has 0 fully saturated rings. The largest absolute Gasteiger partial charge is 0.484 e. The predicted molar refractivity (Wildman–Crippen MR) is 85.3 cm³/mol. The van der Waals surface area contributed by atoms with Crippen LogP contribution in [0.1, 0.15) is 11.5 Å². The highest BCUT2D eigenvalue weighted by atomic mass is 35.5. The van der Waals surface area contributed by atoms with Crippen LogP contribution in [-0.4, -0.2) is 10.1 Å². The summed E-state index contributed by atoms with van der Waals surface area (Å²) in [7, 11) is 0. The molecule has 4 nitrogen and oxygen atoms in total. The van der Waals surface area contributed by atoms with Crippen molar-refractivity contribution in [2.75, 3.05) is 0 Å². The third-order valence-electron chi connectivity index (χ3n) is 3.07. The second-order valence-electron chi connectivity index (χ2n) is 4.69. The number of aryl methyl sites for hydroxylation is 1. The van der Waals surface area contributed by atoms with E-state index in [-0.39, 0.29) is 6.61 Å². The van der Waals surface area contributed by atoms with Gasteiger partial charge in [0.05, 0.1) is 5.02 Å². The van der Waals surface area contributed by atoms with Gasteiger partial charge in [0.25, 0.3) is 5.89 Å². The van der Waals surface area contributed by atoms with Crippen molar-refractivity contribution in [3.8, 4) is 17.1 Å². The van der Waals surface area contributed by atoms with Crippen molar-refractivity contribution in [2.24, 2.45) is 0 Å². The van der Waals surface area contributed by atoms with E-state index in [0.29, 0.717) is 27.5 Å². The minimum Gasteiger partial charge on any atom is -0.484 e. The molecule has 112 valence electrons. The number of ether oxygens (including phenoxy) is 1. The Kier molecular flexibility index (Phi) is 4.32. The van der Waals surface area contributed by atoms with Crippen LogP contribution in [0.15, 0.2) is 47.0 Å². The fourth-order valence-corrected chi connectivity index (χ4v) is 2.26. The van der Waals surface area contributed by atoms with Gasteiger partial charge in [0.1, 0.15) is 5.75 Å². The van der Waals surface area contributed by atoms with Crippen molar-refractivity contribution in [3.63, 3.8) is 0 Å². The van der Waals surface area contributed by atoms with Gasteiger partial charge in [-0.05, 0) is 42.8 Å². The van der Waals surface area contributed by atoms with Crippen LogP contribution < -0.4 is 4.74 Å². The van der Waals surface area contributed by atoms with E-state index in [1.54, 1.807) is 18.2 Å². The molecule has 1 aromatic heterocycles. The van der Waals surface area contributed by atoms with Crippen LogP contribution in [-0.2, 0) is 6.61 Å². The molecule has 0 spiro atoms. The van der Waals surface area contributed by atoms with Crippen LogP contribution in [0.2, 0.25) is 10.0 Å². The summed E-state index contributed by atoms with van der Waals surface area (Å²) < 4.78 is 10.8. The molecule has 0 saturated heterocycles. The summed E-state index contributed by atoms with van der Waals surface area (Å²) in [6.45, 7) is 2.09. The summed E-state index contributed by atoms with van der Waals surface area (Å²) >= 11 is 12.1. The van der Waals surface area contributed by atoms with Gasteiger partial charge in [-0.2, -0.15) is 4.98 Å². The molecule has 0 N–H and O–H groups in total. The average molecular weight is 335 g/mol. The maximum atomic E-state index is 6.11. The van der Waals surface area contributed by atoms with E-state index in [2.05, 4.69) is 10.1 Å². The number of halogens is 2. The van der Waals surface area contributed by atoms with Gasteiger partial charge in [0.2, 0.25) is 5.82 Å². The lowest BCUT2D eigenvalue weighted by Crippen LogP contribution is -1.96. The van der Waals surface area contributed by atoms with Crippen molar-refractivity contribution in [1.82, 2.24) is 10.1 Å². The number of hydrogen-bond donors (Lipinski definition) is 0. The predicted octanol–water partition coefficient (Wildman–Crippen LogP) is 4.93. The van der Waals surface area contributed by atoms with Gasteiger partial charge in [0.15, 0.2) is 6.61 Å². The molecule has 0 atom stereocenters. The first-order chi connectivity index (χ1) is 10.6. The highest BCUT2D eigenvalue weighted by Gasteiger charge is 2.12. The normalized spacial score (nSPS) is 10.7. The second-order valence-corrected chi connectivity index (χ2v) is 5.51. The summed E-state index contributed by atoms with van der Waals surface area (Å²) in [6.07, 6.45) is 0. The van der Waals surface area contributed by atoms with E-state index in [1.165, 1.54) is 0 Å². The van der Waals surface area contributed by atoms with E-state index in [1.807, 2.05) is 31.2 Å². The Morgan fingerprint density at radius 2 is 1.91 bits per heavy atom. The quantitative estimate of drug-likeness (QED) is 0.678. The summed E-state index contributed by atoms with van der Waals surface area (Å²) in [4.78, 5) is 4.28. The van der Waals surface area contributed by atoms with E-state index >= 15 is 0 Å². The van der Waals surface area contributed by atoms with Crippen molar-refractivity contribution >= 4 is 23.2 Å². The lowest BCUT2D eigenvalue weighted by molar-refractivity contribution is 0.243. The first-order valence-corrected chi connectivity index (χ1v) is 7.35. The molecule has 0 aliphatic carbocycles. The Morgan fingerprint density at radius 3 is 2.68 bits per heavy atom. The van der Waals surface area contributed by atoms with Crippen LogP contribution in [0, 0.1) is 6.92 Å². The number of hydrogen-bond acceptors (Lipinski definition) is 4. The Labute approximate surface area is 137 Å². The molecule has 2 aromatic carbocycles. The molecule has 0 bridgehead atoms. The highest BCUT2D eigenvalue weighted by Crippen LogP contribution is 2.25. The number of nitrogens with zero attached hydrogens (tertiary/aromatic N) is 2. The van der Waals surface area contributed by atoms with Gasteiger partial charge in [-0.25, -0.2) is 0 Å². The molecule has 0 aliphatic heterocycles. The smallest absolute Gasteiger partial charge is 0.264 e. The Morgan fingerprint density at radius 1 is 1.09 bits per heavy atom. The van der Waals surface area contributed by atoms with E-state index in [4.69, 9.17) is 32.5 Å². The van der Waals surface area contributed by atoms with Crippen LogP contribution in [0.25, 0.3) is 11.4 Å². The SMILES string of the molecule is Cc1cc(OCc2nc(-c3ccccc3Cl)no2)ccc1Cl. The molecule has 0 aliphatic rings. The fraction of sp³-hybridized carbons (Fsp3) is 0.125. The molecule has 0 unspecified atom stereocenters. The zero-order valence-corrected chi connectivity index (χ0v) is 13.2. The summed E-state index contributed by atoms with van der Waals surface area (Å²) in [5.74, 6) is 1.51. The minimum atomic E-state index is 0.179. The molecule has 3 rings (SSSR count). The van der Waals surface area contributed by atoms with Gasteiger partial charge in [-0.1, -0.05) is 40.5 Å². The standard InChI is InChI=1S/C16H12Cl2N2O2/c1-10-8-11(6-7-13(10)17)21-9-15-19-16(20-22-15)12-4-2-3-5-14(12)18/h2-8H,9H2,1H3. The molecule has 0 radical (unpaired) electrons. The molecular formula is C16H12Cl2N2O2. The molecule has 1 heterocycles. The van der Waals surface area contributed by atoms with E-state index in [0.717, 1.165) is 11.1 Å². The third-order valence-corrected chi connectivity index (χ3v) is 3.83. The van der Waals surface area contributed by atoms with Crippen LogP contribution in [0.4, 0.5) is 0 Å². The van der Waals surface area contributed by atoms with Gasteiger partial charge in [0, 0.05) is 10.6 Å². The molecule has 22 heavy (non-hydrogen) atoms. The van der Waals surface area contributed by atoms with E-state index in [9.17, 15) is 0 Å². The minimum absolute atomic E-state index is 0.179. The van der Waals surface area contributed by atoms with Gasteiger partial charge < -0.3 is 9.26 Å². The fourth-order valence-electron chi connectivity index (χ4n) is 1.92. The number of rotatable bonds is 4. The zero-order chi connectivity index (χ0) is 15.5. The summed E-state index contributed by atoms with van der Waals surface area (Å²) in [5, 5.41) is 5.19. The zero-order valence-electron chi connectivity index (χ0n) is 11.7. The van der Waals surface area contributed by atoms with Crippen LogP contribution in [0.3, 0.4) is 0 Å². The second kappa shape index (κ2) is 6.38. The lowest BCUT2D eigenvalue weighted by Gasteiger charge is -2.04. The van der Waals surface area contributed by atoms with E-state index < -0.39 is 0 Å². The molecule has 0 amide bonds. The topological polar surface area (TPSA) is 48.2 Å². The van der Waals surface area contributed by atoms with Crippen molar-refractivity contribution in [3.05, 3.63) is 64.0 Å². The van der Waals surface area contributed by atoms with Crippen molar-refractivity contribution in [1.29, 1.82) is 0 Å². The first kappa shape index (κ1) is 14.9. The van der Waals surface area contributed by atoms with Crippen molar-refractivity contribution < 1.29 is 9.26 Å². The maximum Gasteiger partial charge on any atom is 0.264 e. The summed E-state index contributed by atoms with van der Waals surface area (Å²) in [5.41, 5.74) is 1.67. The first-order valence-electron chi connectivity index (χ1n) is 6.60. The molecule has 0 saturated carbocycles. The lowest BCUT2D eigenvalue weighted by atomic mass is 10.2. The highest BCUT2D eigenvalue weighted by molar-refractivity contribution is 6.33. The Balaban J connectivity index is 1.72. The average Bonchev–Trinajstić information content (AvgIpc) is 2.98. The van der Waals surface area contributed by atoms with Crippen LogP contribution in [0.5, 0.6) is 5.75 Å². The van der Waals surface area contributed by atoms with Gasteiger partial charge in [-0.3, -0.25) is 0 Å². The maximum absolute atomic E-state index is 6.11. The molecular weight excluding hydrogens is 323 g/mol. The summed E-state index contributed by atoms with van der Waals surface area (Å²) in [6, 6.07) is 12.8. The molecule has 6 heteroatoms. The number of aromatic nitrogens is 2. The number of benzene rings is 2. The van der Waals surface area contributed by atoms with Crippen LogP contribution >= 0.6 is 23.2 Å². The molecule has 3 aromatic rings. The Hall–Kier alpha value is -2.04. The van der Waals surface area contributed by atoms with Gasteiger partial charge >= 0.3 is 0 Å². The monoisotopic (exact) mass is 334 g/mol. The Bertz CT molecular complexity index is 802.